The van der Waals surface area contributed by atoms with Gasteiger partial charge in [0.1, 0.15) is 0 Å². The fourth-order valence-electron chi connectivity index (χ4n) is 4.05. The summed E-state index contributed by atoms with van der Waals surface area (Å²) in [5.74, 6) is 0. The highest BCUT2D eigenvalue weighted by Gasteiger charge is 2.45. The Morgan fingerprint density at radius 1 is 0.895 bits per heavy atom. The number of hydrogen-bond donors (Lipinski definition) is 0. The molecular formula is C17H15BrS. The molecule has 0 radical (unpaired) electrons. The van der Waals surface area contributed by atoms with Crippen molar-refractivity contribution in [2.45, 2.75) is 36.0 Å². The predicted molar refractivity (Wildman–Crippen MR) is 85.9 cm³/mol. The molecule has 0 N–H and O–H groups in total. The molecule has 4 rings (SSSR count). The summed E-state index contributed by atoms with van der Waals surface area (Å²) < 4.78 is 0. The van der Waals surface area contributed by atoms with Crippen LogP contribution in [0, 0.1) is 0 Å². The summed E-state index contributed by atoms with van der Waals surface area (Å²) in [6.45, 7) is 0. The van der Waals surface area contributed by atoms with E-state index in [-0.39, 0.29) is 0 Å². The molecule has 1 saturated carbocycles. The van der Waals surface area contributed by atoms with E-state index < -0.39 is 0 Å². The molecule has 0 nitrogen and oxygen atoms in total. The topological polar surface area (TPSA) is 0 Å². The van der Waals surface area contributed by atoms with E-state index in [1.807, 2.05) is 0 Å². The number of hydrogen-bond acceptors (Lipinski definition) is 1. The maximum Gasteiger partial charge on any atom is 0.0270 e. The van der Waals surface area contributed by atoms with E-state index in [1.54, 1.807) is 21.3 Å². The first-order chi connectivity index (χ1) is 9.37. The van der Waals surface area contributed by atoms with Crippen molar-refractivity contribution in [3.8, 4) is 11.1 Å². The van der Waals surface area contributed by atoms with Crippen LogP contribution in [-0.2, 0) is 5.41 Å². The second-order valence-corrected chi connectivity index (χ2v) is 7.16. The van der Waals surface area contributed by atoms with Crippen LogP contribution in [0.5, 0.6) is 0 Å². The molecule has 2 aromatic rings. The van der Waals surface area contributed by atoms with Gasteiger partial charge in [0.15, 0.2) is 0 Å². The van der Waals surface area contributed by atoms with Crippen LogP contribution < -0.4 is 0 Å². The van der Waals surface area contributed by atoms with Gasteiger partial charge in [0.25, 0.3) is 0 Å². The van der Waals surface area contributed by atoms with Gasteiger partial charge in [-0.25, -0.2) is 0 Å². The molecule has 2 aliphatic rings. The summed E-state index contributed by atoms with van der Waals surface area (Å²) in [5, 5.41) is 0. The van der Waals surface area contributed by atoms with E-state index in [2.05, 4.69) is 57.3 Å². The van der Waals surface area contributed by atoms with E-state index in [4.69, 9.17) is 0 Å². The average Bonchev–Trinajstić information content (AvgIpc) is 3.06. The first-order valence-corrected chi connectivity index (χ1v) is 9.55. The lowest BCUT2D eigenvalue weighted by molar-refractivity contribution is 0.549. The van der Waals surface area contributed by atoms with Gasteiger partial charge in [-0.2, -0.15) is 0 Å². The summed E-state index contributed by atoms with van der Waals surface area (Å²) in [4.78, 5) is 1.36. The molecule has 19 heavy (non-hydrogen) atoms. The molecule has 0 aliphatic heterocycles. The van der Waals surface area contributed by atoms with Crippen molar-refractivity contribution in [3.05, 3.63) is 53.6 Å². The van der Waals surface area contributed by atoms with E-state index >= 15 is 0 Å². The van der Waals surface area contributed by atoms with Crippen molar-refractivity contribution < 1.29 is 0 Å². The fraction of sp³-hybridized carbons (Fsp3) is 0.294. The second kappa shape index (κ2) is 4.39. The van der Waals surface area contributed by atoms with Crippen molar-refractivity contribution in [1.82, 2.24) is 0 Å². The van der Waals surface area contributed by atoms with Gasteiger partial charge in [0, 0.05) is 15.9 Å². The van der Waals surface area contributed by atoms with Crippen LogP contribution in [-0.4, -0.2) is 0 Å². The Morgan fingerprint density at radius 2 is 1.63 bits per heavy atom. The van der Waals surface area contributed by atoms with Gasteiger partial charge in [-0.15, -0.1) is 0 Å². The van der Waals surface area contributed by atoms with Crippen LogP contribution in [0.15, 0.2) is 47.4 Å². The summed E-state index contributed by atoms with van der Waals surface area (Å²) >= 11 is 3.58. The molecule has 2 aromatic carbocycles. The molecule has 0 heterocycles. The Labute approximate surface area is 125 Å². The number of halogens is 1. The minimum Gasteiger partial charge on any atom is -0.0619 e. The third kappa shape index (κ3) is 1.53. The molecule has 0 unspecified atom stereocenters. The van der Waals surface area contributed by atoms with Gasteiger partial charge < -0.3 is 0 Å². The Hall–Kier alpha value is -0.730. The quantitative estimate of drug-likeness (QED) is 0.624. The van der Waals surface area contributed by atoms with E-state index in [0.717, 1.165) is 0 Å². The molecule has 1 fully saturated rings. The normalized spacial score (nSPS) is 18.6. The van der Waals surface area contributed by atoms with Crippen LogP contribution in [0.3, 0.4) is 0 Å². The zero-order valence-electron chi connectivity index (χ0n) is 10.7. The third-order valence-corrected chi connectivity index (χ3v) is 6.35. The fourth-order valence-corrected chi connectivity index (χ4v) is 5.29. The van der Waals surface area contributed by atoms with E-state index in [0.29, 0.717) is 5.41 Å². The molecule has 0 amide bonds. The second-order valence-electron chi connectivity index (χ2n) is 5.59. The van der Waals surface area contributed by atoms with Crippen molar-refractivity contribution in [2.24, 2.45) is 0 Å². The minimum atomic E-state index is 0.310. The van der Waals surface area contributed by atoms with Gasteiger partial charge in [-0.3, -0.25) is 0 Å². The zero-order chi connectivity index (χ0) is 12.9. The summed E-state index contributed by atoms with van der Waals surface area (Å²) in [7, 11) is 1.69. The predicted octanol–water partition coefficient (Wildman–Crippen LogP) is 5.93. The highest BCUT2D eigenvalue weighted by molar-refractivity contribution is 9.50. The largest absolute Gasteiger partial charge is 0.0619 e. The minimum absolute atomic E-state index is 0.310. The van der Waals surface area contributed by atoms with Crippen molar-refractivity contribution >= 4 is 25.0 Å². The lowest BCUT2D eigenvalue weighted by Crippen LogP contribution is -2.20. The summed E-state index contributed by atoms with van der Waals surface area (Å²) in [6.07, 6.45) is 5.35. The van der Waals surface area contributed by atoms with Crippen molar-refractivity contribution in [1.29, 1.82) is 0 Å². The molecule has 0 aromatic heterocycles. The molecule has 2 aliphatic carbocycles. The molecule has 0 saturated heterocycles. The van der Waals surface area contributed by atoms with Gasteiger partial charge in [-0.1, -0.05) is 49.2 Å². The lowest BCUT2D eigenvalue weighted by Gasteiger charge is -2.26. The van der Waals surface area contributed by atoms with Crippen LogP contribution in [0.1, 0.15) is 36.8 Å². The molecule has 1 spiro atoms. The van der Waals surface area contributed by atoms with Gasteiger partial charge in [0.2, 0.25) is 0 Å². The number of benzene rings is 2. The van der Waals surface area contributed by atoms with Crippen LogP contribution >= 0.6 is 25.0 Å². The molecule has 0 bridgehead atoms. The van der Waals surface area contributed by atoms with E-state index in [1.165, 1.54) is 41.7 Å². The third-order valence-electron chi connectivity index (χ3n) is 4.79. The zero-order valence-corrected chi connectivity index (χ0v) is 13.1. The van der Waals surface area contributed by atoms with Crippen LogP contribution in [0.4, 0.5) is 0 Å². The monoisotopic (exact) mass is 330 g/mol. The SMILES string of the molecule is BrSc1cccc2c1-c1ccccc1C21CCCC1. The molecule has 2 heteroatoms. The Bertz CT molecular complexity index is 641. The Morgan fingerprint density at radius 3 is 2.42 bits per heavy atom. The maximum atomic E-state index is 3.58. The molecule has 0 atom stereocenters. The van der Waals surface area contributed by atoms with Crippen LogP contribution in [0.25, 0.3) is 11.1 Å². The lowest BCUT2D eigenvalue weighted by atomic mass is 9.77. The van der Waals surface area contributed by atoms with Crippen LogP contribution in [0.2, 0.25) is 0 Å². The maximum absolute atomic E-state index is 3.58. The summed E-state index contributed by atoms with van der Waals surface area (Å²) in [5.41, 5.74) is 6.38. The summed E-state index contributed by atoms with van der Waals surface area (Å²) in [6, 6.07) is 15.8. The first kappa shape index (κ1) is 12.0. The molecule has 96 valence electrons. The van der Waals surface area contributed by atoms with Gasteiger partial charge in [0.05, 0.1) is 0 Å². The van der Waals surface area contributed by atoms with Crippen molar-refractivity contribution in [2.75, 3.05) is 0 Å². The Balaban J connectivity index is 2.09. The first-order valence-electron chi connectivity index (χ1n) is 6.89. The van der Waals surface area contributed by atoms with Crippen molar-refractivity contribution in [3.63, 3.8) is 0 Å². The van der Waals surface area contributed by atoms with Gasteiger partial charge in [-0.05, 0) is 60.6 Å². The standard InChI is InChI=1S/C17H15BrS/c18-19-15-9-5-8-14-16(15)12-6-1-2-7-13(12)17(14)10-3-4-11-17/h1-2,5-9H,3-4,10-11H2. The van der Waals surface area contributed by atoms with Gasteiger partial charge >= 0.3 is 0 Å². The number of rotatable bonds is 1. The average molecular weight is 331 g/mol. The number of fused-ring (bicyclic) bond motifs is 5. The van der Waals surface area contributed by atoms with E-state index in [9.17, 15) is 0 Å². The highest BCUT2D eigenvalue weighted by atomic mass is 79.9. The smallest absolute Gasteiger partial charge is 0.0270 e. The Kier molecular flexibility index (Phi) is 2.78. The highest BCUT2D eigenvalue weighted by Crippen LogP contribution is 2.58. The molecular weight excluding hydrogens is 316 g/mol.